The van der Waals surface area contributed by atoms with Gasteiger partial charge in [0.25, 0.3) is 0 Å². The van der Waals surface area contributed by atoms with Crippen LogP contribution in [0.3, 0.4) is 0 Å². The van der Waals surface area contributed by atoms with Crippen LogP contribution < -0.4 is 10.2 Å². The zero-order valence-electron chi connectivity index (χ0n) is 17.0. The predicted molar refractivity (Wildman–Crippen MR) is 107 cm³/mol. The summed E-state index contributed by atoms with van der Waals surface area (Å²) in [6.07, 6.45) is 0.379. The number of ether oxygens (including phenoxy) is 1. The van der Waals surface area contributed by atoms with Crippen LogP contribution in [0.1, 0.15) is 31.7 Å². The van der Waals surface area contributed by atoms with Crippen molar-refractivity contribution in [2.24, 2.45) is 5.92 Å². The topological polar surface area (TPSA) is 70.5 Å². The van der Waals surface area contributed by atoms with Crippen LogP contribution in [-0.2, 0) is 10.9 Å². The Labute approximate surface area is 173 Å². The molecule has 30 heavy (non-hydrogen) atoms. The van der Waals surface area contributed by atoms with Gasteiger partial charge in [0, 0.05) is 64.1 Å². The molecule has 0 bridgehead atoms. The van der Waals surface area contributed by atoms with Gasteiger partial charge in [0.05, 0.1) is 16.9 Å². The molecule has 2 N–H and O–H groups in total. The molecule has 0 amide bonds. The smallest absolute Gasteiger partial charge is 0.388 e. The van der Waals surface area contributed by atoms with E-state index in [0.29, 0.717) is 50.8 Å². The molecule has 4 rings (SSSR count). The number of nitrogens with one attached hydrogen (secondary N) is 1. The summed E-state index contributed by atoms with van der Waals surface area (Å²) in [5.41, 5.74) is -0.730. The van der Waals surface area contributed by atoms with Crippen molar-refractivity contribution < 1.29 is 23.0 Å². The van der Waals surface area contributed by atoms with E-state index in [0.717, 1.165) is 19.0 Å². The molecule has 2 saturated heterocycles. The number of fused-ring (bicyclic) bond motifs is 1. The van der Waals surface area contributed by atoms with Crippen molar-refractivity contribution in [1.82, 2.24) is 15.3 Å². The second kappa shape index (κ2) is 8.28. The first-order valence-electron chi connectivity index (χ1n) is 10.3. The van der Waals surface area contributed by atoms with Crippen LogP contribution in [-0.4, -0.2) is 59.6 Å². The molecule has 0 spiro atoms. The summed E-state index contributed by atoms with van der Waals surface area (Å²) in [6.45, 7) is 5.08. The zero-order chi connectivity index (χ0) is 21.4. The minimum Gasteiger partial charge on any atom is -0.388 e. The lowest BCUT2D eigenvalue weighted by atomic mass is 9.91. The van der Waals surface area contributed by atoms with Crippen LogP contribution in [0, 0.1) is 5.92 Å². The number of piperidine rings is 1. The predicted octanol–water partition coefficient (Wildman–Crippen LogP) is 2.99. The van der Waals surface area contributed by atoms with E-state index in [4.69, 9.17) is 4.74 Å². The summed E-state index contributed by atoms with van der Waals surface area (Å²) in [5.74, 6) is 0.342. The van der Waals surface area contributed by atoms with Gasteiger partial charge in [-0.2, -0.15) is 13.2 Å². The first-order chi connectivity index (χ1) is 14.3. The van der Waals surface area contributed by atoms with E-state index < -0.39 is 17.3 Å². The van der Waals surface area contributed by atoms with E-state index in [1.54, 1.807) is 0 Å². The van der Waals surface area contributed by atoms with Gasteiger partial charge in [0.1, 0.15) is 11.0 Å². The molecule has 6 nitrogen and oxygen atoms in total. The Kier molecular flexibility index (Phi) is 5.87. The zero-order valence-corrected chi connectivity index (χ0v) is 17.0. The first-order valence-corrected chi connectivity index (χ1v) is 10.3. The molecule has 0 unspecified atom stereocenters. The maximum absolute atomic E-state index is 13.4. The monoisotopic (exact) mass is 424 g/mol. The highest BCUT2D eigenvalue weighted by Crippen LogP contribution is 2.37. The van der Waals surface area contributed by atoms with Crippen LogP contribution in [0.4, 0.5) is 18.9 Å². The number of hydrogen-bond acceptors (Lipinski definition) is 6. The lowest BCUT2D eigenvalue weighted by molar-refractivity contribution is -0.136. The Morgan fingerprint density at radius 2 is 1.87 bits per heavy atom. The molecule has 2 aliphatic heterocycles. The second-order valence-corrected chi connectivity index (χ2v) is 8.54. The summed E-state index contributed by atoms with van der Waals surface area (Å²) in [5, 5.41) is 14.2. The fraction of sp³-hybridized carbons (Fsp3) is 0.619. The lowest BCUT2D eigenvalue weighted by Gasteiger charge is -2.40. The highest BCUT2D eigenvalue weighted by atomic mass is 19.4. The molecule has 2 aliphatic rings. The molecule has 3 heterocycles. The van der Waals surface area contributed by atoms with Crippen molar-refractivity contribution >= 4 is 16.7 Å². The lowest BCUT2D eigenvalue weighted by Crippen LogP contribution is -2.54. The molecule has 1 aromatic carbocycles. The minimum absolute atomic E-state index is 0.120. The fourth-order valence-corrected chi connectivity index (χ4v) is 4.49. The molecular weight excluding hydrogens is 397 g/mol. The Balaban J connectivity index is 1.55. The average Bonchev–Trinajstić information content (AvgIpc) is 2.71. The van der Waals surface area contributed by atoms with Gasteiger partial charge in [-0.15, -0.1) is 0 Å². The molecule has 9 heteroatoms. The highest BCUT2D eigenvalue weighted by Gasteiger charge is 2.36. The maximum Gasteiger partial charge on any atom is 0.418 e. The Hall–Kier alpha value is -1.97. The van der Waals surface area contributed by atoms with Gasteiger partial charge in [-0.3, -0.25) is 9.97 Å². The van der Waals surface area contributed by atoms with E-state index in [-0.39, 0.29) is 17.1 Å². The molecule has 0 aliphatic carbocycles. The van der Waals surface area contributed by atoms with Gasteiger partial charge in [0.2, 0.25) is 0 Å². The molecule has 0 saturated carbocycles. The number of halogens is 3. The van der Waals surface area contributed by atoms with E-state index in [1.807, 2.05) is 0 Å². The Bertz CT molecular complexity index is 886. The summed E-state index contributed by atoms with van der Waals surface area (Å²) >= 11 is 0. The summed E-state index contributed by atoms with van der Waals surface area (Å²) in [6, 6.07) is 2.72. The molecular formula is C21H27F3N4O2. The fourth-order valence-electron chi connectivity index (χ4n) is 4.49. The Morgan fingerprint density at radius 3 is 2.57 bits per heavy atom. The summed E-state index contributed by atoms with van der Waals surface area (Å²) in [7, 11) is 0. The normalized spacial score (nSPS) is 24.9. The number of rotatable bonds is 4. The van der Waals surface area contributed by atoms with Gasteiger partial charge in [-0.05, 0) is 24.5 Å². The van der Waals surface area contributed by atoms with Crippen LogP contribution in [0.5, 0.6) is 0 Å². The molecule has 2 atom stereocenters. The largest absolute Gasteiger partial charge is 0.418 e. The molecule has 0 radical (unpaired) electrons. The van der Waals surface area contributed by atoms with Crippen molar-refractivity contribution in [1.29, 1.82) is 0 Å². The van der Waals surface area contributed by atoms with Crippen molar-refractivity contribution in [3.8, 4) is 0 Å². The van der Waals surface area contributed by atoms with Gasteiger partial charge in [-0.25, -0.2) is 0 Å². The first kappa shape index (κ1) is 21.3. The molecule has 2 aromatic rings. The number of benzene rings is 1. The van der Waals surface area contributed by atoms with Crippen molar-refractivity contribution in [3.05, 3.63) is 30.1 Å². The SMILES string of the molecule is C[C@H]1C[C@@H](NCC2(O)CCOCC2)CN(c2ccc(C(F)(F)F)c3nccnc23)C1. The number of nitrogens with zero attached hydrogens (tertiary/aromatic N) is 3. The van der Waals surface area contributed by atoms with Crippen LogP contribution >= 0.6 is 0 Å². The molecule has 164 valence electrons. The summed E-state index contributed by atoms with van der Waals surface area (Å²) < 4.78 is 45.5. The van der Waals surface area contributed by atoms with Crippen LogP contribution in [0.25, 0.3) is 11.0 Å². The molecule has 1 aromatic heterocycles. The van der Waals surface area contributed by atoms with Crippen molar-refractivity contribution in [3.63, 3.8) is 0 Å². The van der Waals surface area contributed by atoms with Gasteiger partial charge < -0.3 is 20.1 Å². The second-order valence-electron chi connectivity index (χ2n) is 8.54. The third kappa shape index (κ3) is 4.53. The van der Waals surface area contributed by atoms with Gasteiger partial charge in [0.15, 0.2) is 0 Å². The van der Waals surface area contributed by atoms with Crippen LogP contribution in [0.2, 0.25) is 0 Å². The average molecular weight is 424 g/mol. The van der Waals surface area contributed by atoms with E-state index in [9.17, 15) is 18.3 Å². The van der Waals surface area contributed by atoms with Crippen LogP contribution in [0.15, 0.2) is 24.5 Å². The van der Waals surface area contributed by atoms with Gasteiger partial charge in [-0.1, -0.05) is 6.92 Å². The number of hydrogen-bond donors (Lipinski definition) is 2. The van der Waals surface area contributed by atoms with Crippen molar-refractivity contribution in [2.75, 3.05) is 37.7 Å². The highest BCUT2D eigenvalue weighted by molar-refractivity contribution is 5.90. The number of anilines is 1. The number of aliphatic hydroxyl groups is 1. The van der Waals surface area contributed by atoms with E-state index in [2.05, 4.69) is 27.1 Å². The third-order valence-corrected chi connectivity index (χ3v) is 6.05. The van der Waals surface area contributed by atoms with E-state index >= 15 is 0 Å². The van der Waals surface area contributed by atoms with Crippen molar-refractivity contribution in [2.45, 2.75) is 44.0 Å². The van der Waals surface area contributed by atoms with Gasteiger partial charge >= 0.3 is 6.18 Å². The Morgan fingerprint density at radius 1 is 1.17 bits per heavy atom. The minimum atomic E-state index is -4.48. The number of alkyl halides is 3. The molecule has 2 fully saturated rings. The summed E-state index contributed by atoms with van der Waals surface area (Å²) in [4.78, 5) is 10.3. The number of aromatic nitrogens is 2. The standard InChI is InChI=1S/C21H27F3N4O2/c1-14-10-15(27-13-20(29)4-8-30-9-5-20)12-28(11-14)17-3-2-16(21(22,23)24)18-19(17)26-7-6-25-18/h2-3,6-7,14-15,27,29H,4-5,8-13H2,1H3/t14-,15+/m0/s1. The maximum atomic E-state index is 13.4. The van der Waals surface area contributed by atoms with E-state index in [1.165, 1.54) is 18.5 Å². The quantitative estimate of drug-likeness (QED) is 0.787. The third-order valence-electron chi connectivity index (χ3n) is 6.05.